The number of hydrogen-bond donors (Lipinski definition) is 1. The Morgan fingerprint density at radius 3 is 2.59 bits per heavy atom. The van der Waals surface area contributed by atoms with Crippen LogP contribution in [-0.4, -0.2) is 66.7 Å². The third-order valence-electron chi connectivity index (χ3n) is 5.73. The predicted octanol–water partition coefficient (Wildman–Crippen LogP) is 1.83. The number of piperidine rings is 1. The van der Waals surface area contributed by atoms with E-state index in [9.17, 15) is 13.2 Å². The molecule has 1 atom stereocenters. The molecule has 0 radical (unpaired) electrons. The molecule has 1 unspecified atom stereocenters. The molecule has 3 rings (SSSR count). The molecular formula is C19H32N4O3S. The normalized spacial score (nSPS) is 23.8. The largest absolute Gasteiger partial charge is 0.349 e. The summed E-state index contributed by atoms with van der Waals surface area (Å²) in [4.78, 5) is 14.9. The number of hydrogen-bond acceptors (Lipinski definition) is 5. The summed E-state index contributed by atoms with van der Waals surface area (Å²) in [7, 11) is -2.99. The summed E-state index contributed by atoms with van der Waals surface area (Å²) in [6, 6.07) is 1.65. The highest BCUT2D eigenvalue weighted by Crippen LogP contribution is 2.28. The van der Waals surface area contributed by atoms with Gasteiger partial charge in [0, 0.05) is 18.8 Å². The van der Waals surface area contributed by atoms with Crippen LogP contribution in [0.25, 0.3) is 0 Å². The number of carbonyl (C=O) groups excluding carboxylic acids is 1. The van der Waals surface area contributed by atoms with Crippen molar-refractivity contribution in [1.29, 1.82) is 0 Å². The molecule has 0 bridgehead atoms. The highest BCUT2D eigenvalue weighted by Gasteiger charge is 2.32. The van der Waals surface area contributed by atoms with E-state index in [1.54, 1.807) is 4.68 Å². The van der Waals surface area contributed by atoms with Gasteiger partial charge in [0.25, 0.3) is 5.91 Å². The van der Waals surface area contributed by atoms with E-state index in [0.29, 0.717) is 18.7 Å². The molecule has 8 heteroatoms. The van der Waals surface area contributed by atoms with Crippen LogP contribution in [0.4, 0.5) is 0 Å². The van der Waals surface area contributed by atoms with E-state index in [1.807, 2.05) is 19.9 Å². The van der Waals surface area contributed by atoms with Crippen LogP contribution in [-0.2, 0) is 9.84 Å². The molecule has 1 N–H and O–H groups in total. The van der Waals surface area contributed by atoms with Gasteiger partial charge in [0.05, 0.1) is 17.5 Å². The highest BCUT2D eigenvalue weighted by molar-refractivity contribution is 7.91. The molecule has 1 aromatic heterocycles. The molecule has 0 saturated carbocycles. The monoisotopic (exact) mass is 396 g/mol. The minimum absolute atomic E-state index is 0.114. The molecule has 2 saturated heterocycles. The average Bonchev–Trinajstić information content (AvgIpc) is 3.20. The van der Waals surface area contributed by atoms with Gasteiger partial charge in [-0.25, -0.2) is 8.42 Å². The van der Waals surface area contributed by atoms with Gasteiger partial charge in [-0.1, -0.05) is 20.8 Å². The highest BCUT2D eigenvalue weighted by atomic mass is 32.2. The molecule has 1 aromatic rings. The Balaban J connectivity index is 1.60. The quantitative estimate of drug-likeness (QED) is 0.793. The lowest BCUT2D eigenvalue weighted by Gasteiger charge is -2.30. The molecule has 3 heterocycles. The molecule has 1 amide bonds. The number of nitrogens with zero attached hydrogens (tertiary/aromatic N) is 3. The summed E-state index contributed by atoms with van der Waals surface area (Å²) in [5.41, 5.74) is 1.31. The predicted molar refractivity (Wildman–Crippen MR) is 106 cm³/mol. The second-order valence-electron chi connectivity index (χ2n) is 8.39. The van der Waals surface area contributed by atoms with Gasteiger partial charge in [-0.15, -0.1) is 0 Å². The third-order valence-corrected chi connectivity index (χ3v) is 7.48. The fourth-order valence-corrected chi connectivity index (χ4v) is 5.61. The second kappa shape index (κ2) is 8.31. The molecule has 0 aromatic carbocycles. The van der Waals surface area contributed by atoms with E-state index in [1.165, 1.54) is 12.8 Å². The lowest BCUT2D eigenvalue weighted by Crippen LogP contribution is -2.39. The van der Waals surface area contributed by atoms with Crippen molar-refractivity contribution in [1.82, 2.24) is 20.0 Å². The molecule has 152 valence electrons. The zero-order valence-electron chi connectivity index (χ0n) is 16.6. The van der Waals surface area contributed by atoms with Crippen LogP contribution < -0.4 is 5.32 Å². The molecular weight excluding hydrogens is 364 g/mol. The molecule has 2 fully saturated rings. The van der Waals surface area contributed by atoms with Crippen LogP contribution in [0, 0.1) is 5.92 Å². The van der Waals surface area contributed by atoms with Gasteiger partial charge in [0.1, 0.15) is 5.69 Å². The number of likely N-dealkylation sites (tertiary alicyclic amines) is 1. The van der Waals surface area contributed by atoms with Gasteiger partial charge in [-0.3, -0.25) is 9.48 Å². The maximum atomic E-state index is 12.5. The summed E-state index contributed by atoms with van der Waals surface area (Å²) < 4.78 is 25.4. The number of amides is 1. The number of rotatable bonds is 6. The molecule has 0 aliphatic carbocycles. The van der Waals surface area contributed by atoms with Crippen LogP contribution in [0.15, 0.2) is 6.07 Å². The fourth-order valence-electron chi connectivity index (χ4n) is 3.92. The first-order valence-electron chi connectivity index (χ1n) is 10.1. The maximum Gasteiger partial charge on any atom is 0.271 e. The van der Waals surface area contributed by atoms with Gasteiger partial charge >= 0.3 is 0 Å². The minimum Gasteiger partial charge on any atom is -0.349 e. The molecule has 2 aliphatic rings. The van der Waals surface area contributed by atoms with Gasteiger partial charge < -0.3 is 10.2 Å². The van der Waals surface area contributed by atoms with E-state index in [2.05, 4.69) is 22.2 Å². The maximum absolute atomic E-state index is 12.5. The lowest BCUT2D eigenvalue weighted by atomic mass is 9.99. The molecule has 7 nitrogen and oxygen atoms in total. The van der Waals surface area contributed by atoms with Crippen molar-refractivity contribution in [2.24, 2.45) is 5.92 Å². The Morgan fingerprint density at radius 1 is 1.30 bits per heavy atom. The van der Waals surface area contributed by atoms with Crippen molar-refractivity contribution in [3.8, 4) is 0 Å². The van der Waals surface area contributed by atoms with E-state index in [-0.39, 0.29) is 29.4 Å². The molecule has 27 heavy (non-hydrogen) atoms. The van der Waals surface area contributed by atoms with Crippen molar-refractivity contribution >= 4 is 15.7 Å². The summed E-state index contributed by atoms with van der Waals surface area (Å²) in [5.74, 6) is 1.11. The first-order chi connectivity index (χ1) is 12.7. The van der Waals surface area contributed by atoms with Gasteiger partial charge in [0.2, 0.25) is 0 Å². The zero-order chi connectivity index (χ0) is 19.6. The zero-order valence-corrected chi connectivity index (χ0v) is 17.5. The van der Waals surface area contributed by atoms with Crippen LogP contribution in [0.3, 0.4) is 0 Å². The van der Waals surface area contributed by atoms with Crippen molar-refractivity contribution in [3.05, 3.63) is 17.5 Å². The Bertz CT molecular complexity index is 764. The second-order valence-corrected chi connectivity index (χ2v) is 10.6. The Morgan fingerprint density at radius 2 is 2.00 bits per heavy atom. The van der Waals surface area contributed by atoms with Crippen LogP contribution in [0.1, 0.15) is 68.2 Å². The van der Waals surface area contributed by atoms with E-state index < -0.39 is 9.84 Å². The van der Waals surface area contributed by atoms with Gasteiger partial charge in [-0.2, -0.15) is 5.10 Å². The van der Waals surface area contributed by atoms with Crippen LogP contribution in [0.2, 0.25) is 0 Å². The Kier molecular flexibility index (Phi) is 6.25. The van der Waals surface area contributed by atoms with Crippen molar-refractivity contribution < 1.29 is 13.2 Å². The number of carbonyl (C=O) groups is 1. The molecule has 0 spiro atoms. The smallest absolute Gasteiger partial charge is 0.271 e. The van der Waals surface area contributed by atoms with Crippen molar-refractivity contribution in [3.63, 3.8) is 0 Å². The molecule has 2 aliphatic heterocycles. The summed E-state index contributed by atoms with van der Waals surface area (Å²) in [6.07, 6.45) is 3.01. The van der Waals surface area contributed by atoms with Crippen LogP contribution in [0.5, 0.6) is 0 Å². The van der Waals surface area contributed by atoms with Crippen molar-refractivity contribution in [2.45, 2.75) is 52.0 Å². The first-order valence-corrected chi connectivity index (χ1v) is 11.9. The number of nitrogens with one attached hydrogen (secondary N) is 1. The minimum atomic E-state index is -2.99. The summed E-state index contributed by atoms with van der Waals surface area (Å²) in [6.45, 7) is 10.0. The summed E-state index contributed by atoms with van der Waals surface area (Å²) in [5, 5.41) is 7.45. The van der Waals surface area contributed by atoms with Crippen LogP contribution >= 0.6 is 0 Å². The van der Waals surface area contributed by atoms with Crippen molar-refractivity contribution in [2.75, 3.05) is 37.7 Å². The standard InChI is InChI=1S/C19H32N4O3S/c1-14(2)18-12-17(21-23(18)16-6-11-27(25,26)13-16)19(24)20-7-10-22-8-4-15(3)5-9-22/h12,14-16H,4-11,13H2,1-3H3,(H,20,24). The van der Waals surface area contributed by atoms with Gasteiger partial charge in [-0.05, 0) is 50.3 Å². The lowest BCUT2D eigenvalue weighted by molar-refractivity contribution is 0.0938. The Hall–Kier alpha value is -1.41. The Labute approximate surface area is 162 Å². The first kappa shape index (κ1) is 20.3. The van der Waals surface area contributed by atoms with E-state index >= 15 is 0 Å². The van der Waals surface area contributed by atoms with Gasteiger partial charge in [0.15, 0.2) is 9.84 Å². The summed E-state index contributed by atoms with van der Waals surface area (Å²) >= 11 is 0. The average molecular weight is 397 g/mol. The number of aromatic nitrogens is 2. The fraction of sp³-hybridized carbons (Fsp3) is 0.789. The SMILES string of the molecule is CC1CCN(CCNC(=O)c2cc(C(C)C)n(C3CCS(=O)(=O)C3)n2)CC1. The van der Waals surface area contributed by atoms with E-state index in [4.69, 9.17) is 0 Å². The topological polar surface area (TPSA) is 84.3 Å². The van der Waals surface area contributed by atoms with E-state index in [0.717, 1.165) is 31.2 Å². The third kappa shape index (κ3) is 5.10. The number of sulfone groups is 1.